The lowest BCUT2D eigenvalue weighted by molar-refractivity contribution is 0.155. The third-order valence-corrected chi connectivity index (χ3v) is 8.31. The SMILES string of the molecule is Nc1nc(Nc2ccc(S(N)(=O)=O)cc2)sc1-c1nc(-c2cccc(NC(=O)OCc3ccccc3)c2)cs1. The van der Waals surface area contributed by atoms with Gasteiger partial charge in [-0.15, -0.1) is 11.3 Å². The van der Waals surface area contributed by atoms with Gasteiger partial charge >= 0.3 is 6.09 Å². The fourth-order valence-corrected chi connectivity index (χ4v) is 5.88. The summed E-state index contributed by atoms with van der Waals surface area (Å²) in [7, 11) is -3.77. The monoisotopic (exact) mass is 578 g/mol. The van der Waals surface area contributed by atoms with Crippen LogP contribution in [0.1, 0.15) is 5.56 Å². The van der Waals surface area contributed by atoms with Crippen LogP contribution in [-0.4, -0.2) is 24.5 Å². The van der Waals surface area contributed by atoms with Crippen molar-refractivity contribution in [3.63, 3.8) is 0 Å². The van der Waals surface area contributed by atoms with Crippen LogP contribution in [0.4, 0.5) is 27.1 Å². The van der Waals surface area contributed by atoms with E-state index in [1.165, 1.54) is 34.8 Å². The quantitative estimate of drug-likeness (QED) is 0.183. The summed E-state index contributed by atoms with van der Waals surface area (Å²) in [5.41, 5.74) is 9.82. The lowest BCUT2D eigenvalue weighted by Crippen LogP contribution is -2.13. The molecule has 0 saturated carbocycles. The highest BCUT2D eigenvalue weighted by Gasteiger charge is 2.16. The number of hydrogen-bond donors (Lipinski definition) is 4. The summed E-state index contributed by atoms with van der Waals surface area (Å²) in [5, 5.41) is 14.1. The minimum absolute atomic E-state index is 0.0195. The lowest BCUT2D eigenvalue weighted by atomic mass is 10.1. The molecule has 0 unspecified atom stereocenters. The molecule has 13 heteroatoms. The molecule has 0 radical (unpaired) electrons. The van der Waals surface area contributed by atoms with Crippen molar-refractivity contribution in [2.75, 3.05) is 16.4 Å². The number of nitrogens with zero attached hydrogens (tertiary/aromatic N) is 2. The second-order valence-electron chi connectivity index (χ2n) is 8.23. The van der Waals surface area contributed by atoms with Gasteiger partial charge in [-0.05, 0) is 42.0 Å². The van der Waals surface area contributed by atoms with Crippen LogP contribution in [0, 0.1) is 0 Å². The molecular formula is C26H22N6O4S3. The summed E-state index contributed by atoms with van der Waals surface area (Å²) in [6.07, 6.45) is -0.549. The Hall–Kier alpha value is -4.30. The van der Waals surface area contributed by atoms with Gasteiger partial charge in [0.2, 0.25) is 10.0 Å². The van der Waals surface area contributed by atoms with Gasteiger partial charge in [0, 0.05) is 22.3 Å². The molecule has 10 nitrogen and oxygen atoms in total. The second kappa shape index (κ2) is 11.2. The van der Waals surface area contributed by atoms with Gasteiger partial charge in [-0.3, -0.25) is 5.32 Å². The smallest absolute Gasteiger partial charge is 0.411 e. The molecule has 0 bridgehead atoms. The van der Waals surface area contributed by atoms with Gasteiger partial charge in [-0.25, -0.2) is 28.3 Å². The lowest BCUT2D eigenvalue weighted by Gasteiger charge is -2.08. The number of carbonyl (C=O) groups is 1. The highest BCUT2D eigenvalue weighted by atomic mass is 32.2. The topological polar surface area (TPSA) is 162 Å². The summed E-state index contributed by atoms with van der Waals surface area (Å²) in [6.45, 7) is 0.176. The maximum absolute atomic E-state index is 12.2. The highest BCUT2D eigenvalue weighted by Crippen LogP contribution is 2.39. The zero-order valence-corrected chi connectivity index (χ0v) is 22.6. The number of amides is 1. The number of nitrogens with two attached hydrogens (primary N) is 2. The number of ether oxygens (including phenoxy) is 1. The van der Waals surface area contributed by atoms with E-state index in [0.29, 0.717) is 32.2 Å². The zero-order chi connectivity index (χ0) is 27.4. The van der Waals surface area contributed by atoms with Gasteiger partial charge in [-0.2, -0.15) is 0 Å². The molecule has 0 fully saturated rings. The Morgan fingerprint density at radius 2 is 1.72 bits per heavy atom. The van der Waals surface area contributed by atoms with Crippen LogP contribution >= 0.6 is 22.7 Å². The average Bonchev–Trinajstić information content (AvgIpc) is 3.55. The number of anilines is 4. The van der Waals surface area contributed by atoms with Crippen molar-refractivity contribution in [3.8, 4) is 21.1 Å². The molecular weight excluding hydrogens is 557 g/mol. The Bertz CT molecular complexity index is 1720. The molecule has 198 valence electrons. The van der Waals surface area contributed by atoms with Gasteiger partial charge in [-0.1, -0.05) is 53.8 Å². The number of benzene rings is 3. The van der Waals surface area contributed by atoms with E-state index >= 15 is 0 Å². The fraction of sp³-hybridized carbons (Fsp3) is 0.0385. The molecule has 2 heterocycles. The Morgan fingerprint density at radius 1 is 0.949 bits per heavy atom. The summed E-state index contributed by atoms with van der Waals surface area (Å²) >= 11 is 2.75. The molecule has 1 amide bonds. The van der Waals surface area contributed by atoms with E-state index in [0.717, 1.165) is 16.8 Å². The number of rotatable bonds is 8. The van der Waals surface area contributed by atoms with Crippen molar-refractivity contribution in [2.45, 2.75) is 11.5 Å². The number of aromatic nitrogens is 2. The molecule has 0 spiro atoms. The first-order valence-electron chi connectivity index (χ1n) is 11.4. The molecule has 0 aliphatic carbocycles. The predicted molar refractivity (Wildman–Crippen MR) is 154 cm³/mol. The Morgan fingerprint density at radius 3 is 2.46 bits per heavy atom. The number of nitrogens with one attached hydrogen (secondary N) is 2. The van der Waals surface area contributed by atoms with E-state index in [4.69, 9.17) is 20.6 Å². The van der Waals surface area contributed by atoms with Crippen LogP contribution in [0.25, 0.3) is 21.1 Å². The summed E-state index contributed by atoms with van der Waals surface area (Å²) in [6, 6.07) is 22.8. The van der Waals surface area contributed by atoms with Gasteiger partial charge in [0.1, 0.15) is 22.3 Å². The standard InChI is InChI=1S/C26H22N6O4S3/c27-23-22(38-25(32-23)29-18-9-11-20(12-10-18)39(28,34)35)24-31-21(15-37-24)17-7-4-8-19(13-17)30-26(33)36-14-16-5-2-1-3-6-16/h1-13,15H,14,27H2,(H,29,32)(H,30,33)(H2,28,34,35). The van der Waals surface area contributed by atoms with Crippen LogP contribution in [0.2, 0.25) is 0 Å². The molecule has 0 atom stereocenters. The number of hydrogen-bond acceptors (Lipinski definition) is 10. The number of primary sulfonamides is 1. The van der Waals surface area contributed by atoms with E-state index in [1.54, 1.807) is 18.2 Å². The normalized spacial score (nSPS) is 11.2. The minimum Gasteiger partial charge on any atom is -0.444 e. The first-order chi connectivity index (χ1) is 18.7. The Balaban J connectivity index is 1.26. The van der Waals surface area contributed by atoms with Crippen LogP contribution in [0.3, 0.4) is 0 Å². The zero-order valence-electron chi connectivity index (χ0n) is 20.2. The molecule has 0 aliphatic heterocycles. The maximum atomic E-state index is 12.2. The Labute approximate surface area is 232 Å². The second-order valence-corrected chi connectivity index (χ2v) is 11.7. The summed E-state index contributed by atoms with van der Waals surface area (Å²) in [5.74, 6) is 0.320. The molecule has 6 N–H and O–H groups in total. The number of nitrogen functional groups attached to an aromatic ring is 1. The molecule has 0 aliphatic rings. The summed E-state index contributed by atoms with van der Waals surface area (Å²) < 4.78 is 28.2. The molecule has 2 aromatic heterocycles. The summed E-state index contributed by atoms with van der Waals surface area (Å²) in [4.78, 5) is 22.1. The van der Waals surface area contributed by atoms with Crippen molar-refractivity contribution in [3.05, 3.63) is 89.8 Å². The highest BCUT2D eigenvalue weighted by molar-refractivity contribution is 7.89. The molecule has 5 rings (SSSR count). The van der Waals surface area contributed by atoms with Crippen LogP contribution in [-0.2, 0) is 21.4 Å². The van der Waals surface area contributed by atoms with E-state index in [9.17, 15) is 13.2 Å². The largest absolute Gasteiger partial charge is 0.444 e. The first kappa shape index (κ1) is 26.3. The maximum Gasteiger partial charge on any atom is 0.411 e. The van der Waals surface area contributed by atoms with Crippen LogP contribution in [0.15, 0.2) is 89.1 Å². The van der Waals surface area contributed by atoms with E-state index < -0.39 is 16.1 Å². The third kappa shape index (κ3) is 6.59. The van der Waals surface area contributed by atoms with Gasteiger partial charge in [0.05, 0.1) is 10.6 Å². The van der Waals surface area contributed by atoms with E-state index in [-0.39, 0.29) is 11.5 Å². The van der Waals surface area contributed by atoms with Gasteiger partial charge in [0.15, 0.2) is 5.13 Å². The van der Waals surface area contributed by atoms with Crippen LogP contribution in [0.5, 0.6) is 0 Å². The number of thiazole rings is 2. The predicted octanol–water partition coefficient (Wildman–Crippen LogP) is 5.66. The van der Waals surface area contributed by atoms with Crippen molar-refractivity contribution in [1.82, 2.24) is 9.97 Å². The van der Waals surface area contributed by atoms with Gasteiger partial charge < -0.3 is 15.8 Å². The first-order valence-corrected chi connectivity index (χ1v) is 14.7. The van der Waals surface area contributed by atoms with Crippen LogP contribution < -0.4 is 21.5 Å². The average molecular weight is 579 g/mol. The van der Waals surface area contributed by atoms with Gasteiger partial charge in [0.25, 0.3) is 0 Å². The fourth-order valence-electron chi connectivity index (χ4n) is 3.53. The molecule has 5 aromatic rings. The molecule has 3 aromatic carbocycles. The van der Waals surface area contributed by atoms with E-state index in [2.05, 4.69) is 15.6 Å². The molecule has 0 saturated heterocycles. The van der Waals surface area contributed by atoms with Crippen molar-refractivity contribution in [1.29, 1.82) is 0 Å². The molecule has 39 heavy (non-hydrogen) atoms. The number of sulfonamides is 1. The minimum atomic E-state index is -3.77. The Kier molecular flexibility index (Phi) is 7.56. The van der Waals surface area contributed by atoms with Crippen molar-refractivity contribution < 1.29 is 17.9 Å². The van der Waals surface area contributed by atoms with Crippen molar-refractivity contribution in [2.24, 2.45) is 5.14 Å². The van der Waals surface area contributed by atoms with Crippen molar-refractivity contribution >= 4 is 61.1 Å². The third-order valence-electron chi connectivity index (χ3n) is 5.40. The number of carbonyl (C=O) groups excluding carboxylic acids is 1. The van der Waals surface area contributed by atoms with E-state index in [1.807, 2.05) is 53.9 Å².